The molecule has 1 fully saturated rings. The maximum absolute atomic E-state index is 13.2. The minimum Gasteiger partial charge on any atom is -0.474 e. The van der Waals surface area contributed by atoms with Gasteiger partial charge in [0.1, 0.15) is 18.1 Å². The summed E-state index contributed by atoms with van der Waals surface area (Å²) in [4.78, 5) is 31.3. The van der Waals surface area contributed by atoms with Crippen molar-refractivity contribution in [3.05, 3.63) is 71.3 Å². The summed E-state index contributed by atoms with van der Waals surface area (Å²) in [6, 6.07) is 9.95. The molecule has 0 aliphatic carbocycles. The van der Waals surface area contributed by atoms with Gasteiger partial charge in [0.05, 0.1) is 18.4 Å². The first-order valence-corrected chi connectivity index (χ1v) is 12.2. The third-order valence-electron chi connectivity index (χ3n) is 6.82. The van der Waals surface area contributed by atoms with Gasteiger partial charge >= 0.3 is 0 Å². The molecular weight excluding hydrogens is 472 g/mol. The van der Waals surface area contributed by atoms with Gasteiger partial charge in [0.25, 0.3) is 5.56 Å². The lowest BCUT2D eigenvalue weighted by Gasteiger charge is -2.34. The van der Waals surface area contributed by atoms with Gasteiger partial charge in [0, 0.05) is 49.3 Å². The Kier molecular flexibility index (Phi) is 5.85. The number of ether oxygens (including phenoxy) is 1. The van der Waals surface area contributed by atoms with E-state index in [1.54, 1.807) is 23.0 Å². The fourth-order valence-electron chi connectivity index (χ4n) is 4.77. The summed E-state index contributed by atoms with van der Waals surface area (Å²) >= 11 is 0. The first-order valence-electron chi connectivity index (χ1n) is 12.2. The summed E-state index contributed by atoms with van der Waals surface area (Å²) < 4.78 is 8.62. The standard InChI is InChI=1S/C26H28N8O3/c1-3-8-33-25(36)21-15-28-26(29-17-4-6-18(7-5-17)32-11-9-31(2)10-12-32)30-23(21)34(33)19-13-20-22(35)16-37-24(20)27-14-19/h3-7,13-15,22,35H,1,8-12,16H2,2H3,(H,28,29,30)/t22-/m0/s1. The van der Waals surface area contributed by atoms with Crippen molar-refractivity contribution in [3.63, 3.8) is 0 Å². The number of hydrogen-bond acceptors (Lipinski definition) is 9. The number of anilines is 3. The molecule has 0 spiro atoms. The van der Waals surface area contributed by atoms with Crippen LogP contribution >= 0.6 is 0 Å². The van der Waals surface area contributed by atoms with Crippen LogP contribution < -0.4 is 20.5 Å². The van der Waals surface area contributed by atoms with Gasteiger partial charge < -0.3 is 25.0 Å². The second-order valence-electron chi connectivity index (χ2n) is 9.30. The number of piperazine rings is 1. The number of pyridine rings is 1. The second-order valence-corrected chi connectivity index (χ2v) is 9.30. The molecule has 6 rings (SSSR count). The van der Waals surface area contributed by atoms with Crippen molar-refractivity contribution < 1.29 is 9.84 Å². The highest BCUT2D eigenvalue weighted by atomic mass is 16.5. The molecular formula is C26H28N8O3. The molecule has 1 atom stereocenters. The second kappa shape index (κ2) is 9.34. The van der Waals surface area contributed by atoms with E-state index in [0.717, 1.165) is 31.9 Å². The molecule has 2 aliphatic rings. The van der Waals surface area contributed by atoms with Gasteiger partial charge in [-0.25, -0.2) is 19.3 Å². The van der Waals surface area contributed by atoms with Crippen LogP contribution in [0.15, 0.2) is 60.2 Å². The maximum atomic E-state index is 13.2. The minimum atomic E-state index is -0.774. The molecule has 2 N–H and O–H groups in total. The first-order chi connectivity index (χ1) is 18.0. The van der Waals surface area contributed by atoms with Crippen LogP contribution in [-0.4, -0.2) is 74.2 Å². The normalized spacial score (nSPS) is 17.6. The Morgan fingerprint density at radius 3 is 2.68 bits per heavy atom. The lowest BCUT2D eigenvalue weighted by atomic mass is 10.2. The van der Waals surface area contributed by atoms with Crippen molar-refractivity contribution >= 4 is 28.4 Å². The van der Waals surface area contributed by atoms with Crippen molar-refractivity contribution in [1.29, 1.82) is 0 Å². The van der Waals surface area contributed by atoms with Crippen molar-refractivity contribution in [2.45, 2.75) is 12.6 Å². The molecule has 3 aromatic heterocycles. The van der Waals surface area contributed by atoms with Crippen molar-refractivity contribution in [2.24, 2.45) is 0 Å². The molecule has 5 heterocycles. The number of nitrogens with one attached hydrogen (secondary N) is 1. The number of rotatable bonds is 6. The average molecular weight is 501 g/mol. The number of likely N-dealkylation sites (N-methyl/N-ethyl adjacent to an activating group) is 1. The number of aliphatic hydroxyl groups excluding tert-OH is 1. The van der Waals surface area contributed by atoms with E-state index in [0.29, 0.717) is 34.1 Å². The number of hydrogen-bond donors (Lipinski definition) is 2. The van der Waals surface area contributed by atoms with Crippen LogP contribution in [0.4, 0.5) is 17.3 Å². The molecule has 1 aromatic carbocycles. The summed E-state index contributed by atoms with van der Waals surface area (Å²) in [5.74, 6) is 0.754. The number of aliphatic hydroxyl groups is 1. The quantitative estimate of drug-likeness (QED) is 0.384. The van der Waals surface area contributed by atoms with Gasteiger partial charge in [-0.3, -0.25) is 4.79 Å². The van der Waals surface area contributed by atoms with Crippen LogP contribution in [-0.2, 0) is 6.54 Å². The number of fused-ring (bicyclic) bond motifs is 2. The number of aromatic nitrogens is 5. The summed E-state index contributed by atoms with van der Waals surface area (Å²) in [5, 5.41) is 13.9. The van der Waals surface area contributed by atoms with E-state index in [4.69, 9.17) is 9.72 Å². The van der Waals surface area contributed by atoms with E-state index in [1.807, 2.05) is 12.1 Å². The van der Waals surface area contributed by atoms with Gasteiger partial charge in [-0.1, -0.05) is 6.08 Å². The van der Waals surface area contributed by atoms with Gasteiger partial charge in [0.2, 0.25) is 11.8 Å². The van der Waals surface area contributed by atoms with Crippen molar-refractivity contribution in [3.8, 4) is 11.6 Å². The maximum Gasteiger partial charge on any atom is 0.278 e. The van der Waals surface area contributed by atoms with Gasteiger partial charge in [-0.15, -0.1) is 6.58 Å². The summed E-state index contributed by atoms with van der Waals surface area (Å²) in [6.07, 6.45) is 4.00. The highest BCUT2D eigenvalue weighted by Gasteiger charge is 2.25. The van der Waals surface area contributed by atoms with E-state index in [2.05, 4.69) is 50.8 Å². The summed E-state index contributed by atoms with van der Waals surface area (Å²) in [5.41, 5.74) is 3.36. The lowest BCUT2D eigenvalue weighted by molar-refractivity contribution is 0.139. The SMILES string of the molecule is C=CCn1c(=O)c2cnc(Nc3ccc(N4CCN(C)CC4)cc3)nc2n1-c1cnc2c(c1)[C@@H](O)CO2. The molecule has 2 aliphatic heterocycles. The summed E-state index contributed by atoms with van der Waals surface area (Å²) in [7, 11) is 2.14. The Balaban J connectivity index is 1.34. The minimum absolute atomic E-state index is 0.154. The lowest BCUT2D eigenvalue weighted by Crippen LogP contribution is -2.44. The van der Waals surface area contributed by atoms with Crippen LogP contribution in [0, 0.1) is 0 Å². The zero-order valence-corrected chi connectivity index (χ0v) is 20.5. The highest BCUT2D eigenvalue weighted by molar-refractivity contribution is 5.77. The monoisotopic (exact) mass is 500 g/mol. The molecule has 11 heteroatoms. The van der Waals surface area contributed by atoms with Crippen LogP contribution in [0.2, 0.25) is 0 Å². The van der Waals surface area contributed by atoms with Crippen LogP contribution in [0.1, 0.15) is 11.7 Å². The number of allylic oxidation sites excluding steroid dienone is 1. The third-order valence-corrected chi connectivity index (χ3v) is 6.82. The molecule has 37 heavy (non-hydrogen) atoms. The largest absolute Gasteiger partial charge is 0.474 e. The Hall–Kier alpha value is -4.22. The van der Waals surface area contributed by atoms with Gasteiger partial charge in [0.15, 0.2) is 5.65 Å². The fourth-order valence-corrected chi connectivity index (χ4v) is 4.77. The Bertz CT molecular complexity index is 1520. The van der Waals surface area contributed by atoms with E-state index in [9.17, 15) is 9.90 Å². The smallest absolute Gasteiger partial charge is 0.278 e. The predicted octanol–water partition coefficient (Wildman–Crippen LogP) is 2.08. The zero-order chi connectivity index (χ0) is 25.5. The average Bonchev–Trinajstić information content (AvgIpc) is 3.41. The van der Waals surface area contributed by atoms with Crippen LogP contribution in [0.5, 0.6) is 5.88 Å². The third kappa shape index (κ3) is 4.21. The number of nitrogens with zero attached hydrogens (tertiary/aromatic N) is 7. The number of benzene rings is 1. The van der Waals surface area contributed by atoms with E-state index < -0.39 is 6.10 Å². The Morgan fingerprint density at radius 2 is 1.92 bits per heavy atom. The molecule has 1 saturated heterocycles. The van der Waals surface area contributed by atoms with Crippen molar-refractivity contribution in [1.82, 2.24) is 29.2 Å². The van der Waals surface area contributed by atoms with Crippen molar-refractivity contribution in [2.75, 3.05) is 50.1 Å². The van der Waals surface area contributed by atoms with E-state index in [-0.39, 0.29) is 18.7 Å². The topological polar surface area (TPSA) is 114 Å². The van der Waals surface area contributed by atoms with Gasteiger partial charge in [-0.2, -0.15) is 4.98 Å². The Morgan fingerprint density at radius 1 is 1.14 bits per heavy atom. The zero-order valence-electron chi connectivity index (χ0n) is 20.5. The highest BCUT2D eigenvalue weighted by Crippen LogP contribution is 2.32. The Labute approximate surface area is 213 Å². The molecule has 0 amide bonds. The fraction of sp³-hybridized carbons (Fsp3) is 0.308. The molecule has 0 saturated carbocycles. The molecule has 0 bridgehead atoms. The van der Waals surface area contributed by atoms with Gasteiger partial charge in [-0.05, 0) is 37.4 Å². The first kappa shape index (κ1) is 23.2. The van der Waals surface area contributed by atoms with E-state index >= 15 is 0 Å². The molecule has 0 unspecified atom stereocenters. The van der Waals surface area contributed by atoms with E-state index in [1.165, 1.54) is 16.6 Å². The van der Waals surface area contributed by atoms with Crippen LogP contribution in [0.25, 0.3) is 16.7 Å². The molecule has 0 radical (unpaired) electrons. The molecule has 11 nitrogen and oxygen atoms in total. The molecule has 190 valence electrons. The molecule has 4 aromatic rings. The summed E-state index contributed by atoms with van der Waals surface area (Å²) in [6.45, 7) is 8.31. The van der Waals surface area contributed by atoms with Crippen LogP contribution in [0.3, 0.4) is 0 Å². The predicted molar refractivity (Wildman–Crippen MR) is 141 cm³/mol.